The molecule has 1 fully saturated rings. The molecule has 0 radical (unpaired) electrons. The van der Waals surface area contributed by atoms with E-state index in [0.717, 1.165) is 29.7 Å². The molecule has 7 nitrogen and oxygen atoms in total. The van der Waals surface area contributed by atoms with E-state index < -0.39 is 0 Å². The number of hydrogen-bond acceptors (Lipinski definition) is 7. The third kappa shape index (κ3) is 5.93. The number of rotatable bonds is 11. The zero-order chi connectivity index (χ0) is 26.6. The lowest BCUT2D eigenvalue weighted by Gasteiger charge is -2.12. The molecule has 9 heteroatoms. The molecule has 1 aliphatic rings. The first-order chi connectivity index (χ1) is 19.2. The fraction of sp³-hybridized carbons (Fsp3) is 0.267. The maximum Gasteiger partial charge on any atom is 0.254 e. The molecular formula is C30H29ClN6OS. The van der Waals surface area contributed by atoms with Gasteiger partial charge in [-0.25, -0.2) is 9.67 Å². The highest BCUT2D eigenvalue weighted by Gasteiger charge is 2.37. The average Bonchev–Trinajstić information content (AvgIpc) is 3.65. The van der Waals surface area contributed by atoms with Crippen molar-refractivity contribution in [2.24, 2.45) is 0 Å². The van der Waals surface area contributed by atoms with Gasteiger partial charge < -0.3 is 10.1 Å². The van der Waals surface area contributed by atoms with E-state index in [1.165, 1.54) is 5.56 Å². The van der Waals surface area contributed by atoms with Crippen LogP contribution in [0.5, 0.6) is 11.6 Å². The minimum Gasteiger partial charge on any atom is -0.435 e. The van der Waals surface area contributed by atoms with E-state index in [4.69, 9.17) is 26.3 Å². The Morgan fingerprint density at radius 2 is 1.79 bits per heavy atom. The van der Waals surface area contributed by atoms with Crippen LogP contribution in [0.3, 0.4) is 0 Å². The quantitative estimate of drug-likeness (QED) is 0.141. The molecule has 2 aromatic heterocycles. The Balaban J connectivity index is 1.23. The number of aromatic nitrogens is 5. The topological polar surface area (TPSA) is 77.8 Å². The van der Waals surface area contributed by atoms with Gasteiger partial charge in [-0.05, 0) is 35.6 Å². The van der Waals surface area contributed by atoms with Crippen molar-refractivity contribution in [2.75, 3.05) is 5.75 Å². The van der Waals surface area contributed by atoms with E-state index in [2.05, 4.69) is 65.0 Å². The SMILES string of the molecule is CCCSc1nc(Oc2cccc(CN[C@@H]3C[C@H]3c3ccccc3)c2Cl)c2nnn(Cc3ccccc3)c2n1. The number of fused-ring (bicyclic) bond motifs is 1. The molecule has 3 aromatic carbocycles. The lowest BCUT2D eigenvalue weighted by atomic mass is 10.1. The Kier molecular flexibility index (Phi) is 7.76. The van der Waals surface area contributed by atoms with Gasteiger partial charge in [-0.2, -0.15) is 4.98 Å². The van der Waals surface area contributed by atoms with Crippen molar-refractivity contribution in [3.63, 3.8) is 0 Å². The smallest absolute Gasteiger partial charge is 0.254 e. The Labute approximate surface area is 237 Å². The van der Waals surface area contributed by atoms with Gasteiger partial charge in [0.2, 0.25) is 0 Å². The summed E-state index contributed by atoms with van der Waals surface area (Å²) in [5, 5.41) is 13.6. The molecule has 39 heavy (non-hydrogen) atoms. The predicted octanol–water partition coefficient (Wildman–Crippen LogP) is 6.86. The molecule has 0 saturated heterocycles. The highest BCUT2D eigenvalue weighted by molar-refractivity contribution is 7.99. The fourth-order valence-electron chi connectivity index (χ4n) is 4.61. The van der Waals surface area contributed by atoms with Gasteiger partial charge in [0.05, 0.1) is 11.6 Å². The van der Waals surface area contributed by atoms with E-state index in [1.54, 1.807) is 16.4 Å². The van der Waals surface area contributed by atoms with Crippen LogP contribution in [0.2, 0.25) is 5.02 Å². The molecule has 0 aliphatic heterocycles. The van der Waals surface area contributed by atoms with Crippen molar-refractivity contribution >= 4 is 34.5 Å². The number of benzene rings is 3. The molecule has 0 bridgehead atoms. The second kappa shape index (κ2) is 11.7. The summed E-state index contributed by atoms with van der Waals surface area (Å²) in [5.74, 6) is 2.35. The average molecular weight is 557 g/mol. The van der Waals surface area contributed by atoms with Gasteiger partial charge in [0, 0.05) is 24.3 Å². The number of nitrogens with zero attached hydrogens (tertiary/aromatic N) is 5. The van der Waals surface area contributed by atoms with E-state index in [9.17, 15) is 0 Å². The molecule has 0 spiro atoms. The zero-order valence-electron chi connectivity index (χ0n) is 21.6. The van der Waals surface area contributed by atoms with Crippen molar-refractivity contribution in [1.29, 1.82) is 0 Å². The molecule has 0 amide bonds. The molecule has 198 valence electrons. The van der Waals surface area contributed by atoms with Gasteiger partial charge in [-0.3, -0.25) is 0 Å². The van der Waals surface area contributed by atoms with Crippen LogP contribution in [0.1, 0.15) is 42.4 Å². The first kappa shape index (κ1) is 25.8. The van der Waals surface area contributed by atoms with Crippen LogP contribution in [-0.4, -0.2) is 36.8 Å². The maximum atomic E-state index is 6.85. The second-order valence-corrected chi connectivity index (χ2v) is 11.1. The number of nitrogens with one attached hydrogen (secondary N) is 1. The zero-order valence-corrected chi connectivity index (χ0v) is 23.2. The third-order valence-electron chi connectivity index (χ3n) is 6.74. The summed E-state index contributed by atoms with van der Waals surface area (Å²) in [7, 11) is 0. The van der Waals surface area contributed by atoms with Crippen LogP contribution < -0.4 is 10.1 Å². The molecule has 2 heterocycles. The van der Waals surface area contributed by atoms with Gasteiger partial charge in [-0.15, -0.1) is 5.10 Å². The van der Waals surface area contributed by atoms with Crippen molar-refractivity contribution < 1.29 is 4.74 Å². The first-order valence-electron chi connectivity index (χ1n) is 13.2. The van der Waals surface area contributed by atoms with Crippen LogP contribution >= 0.6 is 23.4 Å². The van der Waals surface area contributed by atoms with Crippen molar-refractivity contribution in [3.05, 3.63) is 101 Å². The maximum absolute atomic E-state index is 6.85. The standard InChI is InChI=1S/C30H29ClN6OS/c1-2-16-39-30-33-28-27(35-36-37(28)19-20-10-5-3-6-11-20)29(34-30)38-25-15-9-14-22(26(25)31)18-32-24-17-23(24)21-12-7-4-8-13-21/h3-15,23-24,32H,2,16-19H2,1H3/t23-,24+/m0/s1. The number of ether oxygens (including phenoxy) is 1. The van der Waals surface area contributed by atoms with Gasteiger partial charge in [-0.1, -0.05) is 108 Å². The summed E-state index contributed by atoms with van der Waals surface area (Å²) >= 11 is 8.44. The number of thioether (sulfide) groups is 1. The minimum absolute atomic E-state index is 0.358. The highest BCUT2D eigenvalue weighted by Crippen LogP contribution is 2.41. The van der Waals surface area contributed by atoms with E-state index in [0.29, 0.717) is 58.0 Å². The normalized spacial score (nSPS) is 16.5. The summed E-state index contributed by atoms with van der Waals surface area (Å²) < 4.78 is 8.11. The largest absolute Gasteiger partial charge is 0.435 e. The highest BCUT2D eigenvalue weighted by atomic mass is 35.5. The first-order valence-corrected chi connectivity index (χ1v) is 14.6. The van der Waals surface area contributed by atoms with E-state index >= 15 is 0 Å². The molecule has 5 aromatic rings. The predicted molar refractivity (Wildman–Crippen MR) is 156 cm³/mol. The van der Waals surface area contributed by atoms with Crippen molar-refractivity contribution in [3.8, 4) is 11.6 Å². The summed E-state index contributed by atoms with van der Waals surface area (Å²) in [6, 6.07) is 27.1. The van der Waals surface area contributed by atoms with Crippen LogP contribution in [0.15, 0.2) is 84.0 Å². The summed E-state index contributed by atoms with van der Waals surface area (Å²) in [5.41, 5.74) is 4.61. The Morgan fingerprint density at radius 3 is 2.59 bits per heavy atom. The van der Waals surface area contributed by atoms with Crippen LogP contribution in [0.25, 0.3) is 11.2 Å². The molecule has 1 N–H and O–H groups in total. The lowest BCUT2D eigenvalue weighted by molar-refractivity contribution is 0.460. The molecule has 1 aliphatic carbocycles. The minimum atomic E-state index is 0.358. The second-order valence-electron chi connectivity index (χ2n) is 9.64. The summed E-state index contributed by atoms with van der Waals surface area (Å²) in [6.45, 7) is 3.35. The molecule has 2 atom stereocenters. The Morgan fingerprint density at radius 1 is 1.00 bits per heavy atom. The molecule has 0 unspecified atom stereocenters. The van der Waals surface area contributed by atoms with Crippen LogP contribution in [0.4, 0.5) is 0 Å². The number of hydrogen-bond donors (Lipinski definition) is 1. The lowest BCUT2D eigenvalue weighted by Crippen LogP contribution is -2.17. The number of halogens is 1. The van der Waals surface area contributed by atoms with E-state index in [-0.39, 0.29) is 0 Å². The van der Waals surface area contributed by atoms with Gasteiger partial charge in [0.15, 0.2) is 16.3 Å². The van der Waals surface area contributed by atoms with Crippen molar-refractivity contribution in [1.82, 2.24) is 30.3 Å². The molecular weight excluding hydrogens is 528 g/mol. The van der Waals surface area contributed by atoms with Crippen molar-refractivity contribution in [2.45, 2.75) is 50.0 Å². The van der Waals surface area contributed by atoms with Gasteiger partial charge >= 0.3 is 0 Å². The molecule has 1 saturated carbocycles. The van der Waals surface area contributed by atoms with Gasteiger partial charge in [0.1, 0.15) is 5.75 Å². The van der Waals surface area contributed by atoms with E-state index in [1.807, 2.05) is 36.4 Å². The summed E-state index contributed by atoms with van der Waals surface area (Å²) in [4.78, 5) is 9.46. The monoisotopic (exact) mass is 556 g/mol. The van der Waals surface area contributed by atoms with Crippen LogP contribution in [0, 0.1) is 0 Å². The van der Waals surface area contributed by atoms with Crippen LogP contribution in [-0.2, 0) is 13.1 Å². The Bertz CT molecular complexity index is 1560. The third-order valence-corrected chi connectivity index (χ3v) is 8.23. The van der Waals surface area contributed by atoms with Gasteiger partial charge in [0.25, 0.3) is 5.88 Å². The fourth-order valence-corrected chi connectivity index (χ4v) is 5.53. The Hall–Kier alpha value is -3.46. The summed E-state index contributed by atoms with van der Waals surface area (Å²) in [6.07, 6.45) is 2.14. The molecule has 6 rings (SSSR count).